The zero-order valence-corrected chi connectivity index (χ0v) is 28.7. The van der Waals surface area contributed by atoms with E-state index in [9.17, 15) is 43.5 Å². The highest BCUT2D eigenvalue weighted by Gasteiger charge is 2.36. The minimum absolute atomic E-state index is 0.336. The number of carboxylic acids is 1. The van der Waals surface area contributed by atoms with Gasteiger partial charge in [-0.15, -0.1) is 0 Å². The fourth-order valence-electron chi connectivity index (χ4n) is 4.50. The van der Waals surface area contributed by atoms with Gasteiger partial charge in [0.2, 0.25) is 41.4 Å². The number of nitrogens with two attached hydrogens (primary N) is 4. The van der Waals surface area contributed by atoms with Crippen LogP contribution in [-0.4, -0.2) is 95.2 Å². The van der Waals surface area contributed by atoms with Crippen LogP contribution in [0.3, 0.4) is 0 Å². The highest BCUT2D eigenvalue weighted by atomic mass is 16.4. The maximum absolute atomic E-state index is 13.4. The smallest absolute Gasteiger partial charge is 0.326 e. The van der Waals surface area contributed by atoms with Crippen LogP contribution in [0.1, 0.15) is 80.1 Å². The third-order valence-corrected chi connectivity index (χ3v) is 7.65. The average Bonchev–Trinajstić information content (AvgIpc) is 2.98. The molecule has 0 spiro atoms. The van der Waals surface area contributed by atoms with E-state index in [1.165, 1.54) is 0 Å². The molecule has 0 aromatic rings. The SMILES string of the molecule is CC[C@H](C)[C@H](NC(=O)[C@@H](N)CCCCN)C(=O)N[C@@H](CC(N)=O)C(=O)N[C@H](C(=O)N[C@@H](CC(N)=O)C(=O)N[C@H](C(=O)O)C(C)C)C(C)C. The number of carbonyl (C=O) groups excluding carboxylic acids is 7. The molecular weight excluding hydrogens is 630 g/mol. The molecule has 0 rings (SSSR count). The zero-order chi connectivity index (χ0) is 37.3. The van der Waals surface area contributed by atoms with E-state index in [0.717, 1.165) is 0 Å². The number of unbranched alkanes of at least 4 members (excludes halogenated alkanes) is 1. The predicted molar refractivity (Wildman–Crippen MR) is 175 cm³/mol. The second-order valence-electron chi connectivity index (χ2n) is 12.5. The van der Waals surface area contributed by atoms with E-state index in [0.29, 0.717) is 32.2 Å². The van der Waals surface area contributed by atoms with Crippen molar-refractivity contribution in [3.63, 3.8) is 0 Å². The Morgan fingerprint density at radius 3 is 1.40 bits per heavy atom. The number of carbonyl (C=O) groups is 8. The molecule has 7 amide bonds. The van der Waals surface area contributed by atoms with Crippen molar-refractivity contribution in [1.29, 1.82) is 0 Å². The number of rotatable bonds is 23. The van der Waals surface area contributed by atoms with Gasteiger partial charge in [0.1, 0.15) is 30.2 Å². The van der Waals surface area contributed by atoms with Gasteiger partial charge in [-0.25, -0.2) is 4.79 Å². The van der Waals surface area contributed by atoms with Crippen molar-refractivity contribution in [2.75, 3.05) is 6.54 Å². The van der Waals surface area contributed by atoms with Gasteiger partial charge in [-0.2, -0.15) is 0 Å². The van der Waals surface area contributed by atoms with Crippen LogP contribution < -0.4 is 49.5 Å². The number of amides is 7. The summed E-state index contributed by atoms with van der Waals surface area (Å²) in [7, 11) is 0. The molecule has 0 aliphatic rings. The molecule has 0 aliphatic heterocycles. The Morgan fingerprint density at radius 1 is 0.604 bits per heavy atom. The van der Waals surface area contributed by atoms with Crippen LogP contribution in [-0.2, 0) is 38.4 Å². The van der Waals surface area contributed by atoms with Crippen LogP contribution in [0, 0.1) is 17.8 Å². The van der Waals surface area contributed by atoms with E-state index in [1.807, 2.05) is 0 Å². The van der Waals surface area contributed by atoms with Gasteiger partial charge in [0.05, 0.1) is 18.9 Å². The summed E-state index contributed by atoms with van der Waals surface area (Å²) in [6, 6.07) is -7.91. The Morgan fingerprint density at radius 2 is 1.02 bits per heavy atom. The first-order valence-electron chi connectivity index (χ1n) is 16.0. The molecule has 18 heteroatoms. The van der Waals surface area contributed by atoms with Gasteiger partial charge in [-0.3, -0.25) is 33.6 Å². The largest absolute Gasteiger partial charge is 0.480 e. The Kier molecular flexibility index (Phi) is 19.6. The highest BCUT2D eigenvalue weighted by Crippen LogP contribution is 2.11. The second kappa shape index (κ2) is 21.5. The number of hydrogen-bond acceptors (Lipinski definition) is 10. The Labute approximate surface area is 281 Å². The maximum atomic E-state index is 13.4. The molecule has 0 bridgehead atoms. The summed E-state index contributed by atoms with van der Waals surface area (Å²) in [6.07, 6.45) is 0.711. The van der Waals surface area contributed by atoms with E-state index in [4.69, 9.17) is 22.9 Å². The topological polar surface area (TPSA) is 321 Å². The summed E-state index contributed by atoms with van der Waals surface area (Å²) in [5.41, 5.74) is 22.1. The molecule has 7 atom stereocenters. The number of carboxylic acid groups (broad SMARTS) is 1. The number of primary amides is 2. The minimum Gasteiger partial charge on any atom is -0.480 e. The normalized spacial score (nSPS) is 15.5. The molecule has 14 N–H and O–H groups in total. The summed E-state index contributed by atoms with van der Waals surface area (Å²) >= 11 is 0. The van der Waals surface area contributed by atoms with E-state index in [2.05, 4.69) is 26.6 Å². The van der Waals surface area contributed by atoms with E-state index in [1.54, 1.807) is 41.5 Å². The lowest BCUT2D eigenvalue weighted by Crippen LogP contribution is -2.61. The summed E-state index contributed by atoms with van der Waals surface area (Å²) in [4.78, 5) is 101. The zero-order valence-electron chi connectivity index (χ0n) is 28.7. The molecule has 0 unspecified atom stereocenters. The molecule has 274 valence electrons. The minimum atomic E-state index is -1.59. The molecule has 0 heterocycles. The van der Waals surface area contributed by atoms with Crippen molar-refractivity contribution in [1.82, 2.24) is 26.6 Å². The fraction of sp³-hybridized carbons (Fsp3) is 0.733. The Balaban J connectivity index is 6.04. The first kappa shape index (κ1) is 43.7. The average molecular weight is 686 g/mol. The van der Waals surface area contributed by atoms with E-state index in [-0.39, 0.29) is 0 Å². The summed E-state index contributed by atoms with van der Waals surface area (Å²) < 4.78 is 0. The molecule has 0 saturated carbocycles. The van der Waals surface area contributed by atoms with Crippen LogP contribution in [0.25, 0.3) is 0 Å². The van der Waals surface area contributed by atoms with Crippen molar-refractivity contribution in [3.8, 4) is 0 Å². The lowest BCUT2D eigenvalue weighted by atomic mass is 9.96. The van der Waals surface area contributed by atoms with Crippen molar-refractivity contribution in [2.45, 2.75) is 116 Å². The molecule has 0 aliphatic carbocycles. The fourth-order valence-corrected chi connectivity index (χ4v) is 4.50. The summed E-state index contributed by atoms with van der Waals surface area (Å²) in [6.45, 7) is 10.1. The lowest BCUT2D eigenvalue weighted by molar-refractivity contribution is -0.143. The highest BCUT2D eigenvalue weighted by molar-refractivity contribution is 5.98. The van der Waals surface area contributed by atoms with Crippen LogP contribution in [0.5, 0.6) is 0 Å². The molecule has 0 radical (unpaired) electrons. The first-order valence-corrected chi connectivity index (χ1v) is 16.0. The quantitative estimate of drug-likeness (QED) is 0.0485. The van der Waals surface area contributed by atoms with Crippen LogP contribution >= 0.6 is 0 Å². The van der Waals surface area contributed by atoms with Crippen molar-refractivity contribution in [3.05, 3.63) is 0 Å². The number of aliphatic carboxylic acids is 1. The molecule has 48 heavy (non-hydrogen) atoms. The Hall–Kier alpha value is -4.32. The van der Waals surface area contributed by atoms with Crippen LogP contribution in [0.4, 0.5) is 0 Å². The first-order chi connectivity index (χ1) is 22.3. The second-order valence-corrected chi connectivity index (χ2v) is 12.5. The maximum Gasteiger partial charge on any atom is 0.326 e. The van der Waals surface area contributed by atoms with Gasteiger partial charge in [0.15, 0.2) is 0 Å². The number of nitrogens with one attached hydrogen (secondary N) is 5. The summed E-state index contributed by atoms with van der Waals surface area (Å²) in [5, 5.41) is 21.5. The van der Waals surface area contributed by atoms with Gasteiger partial charge < -0.3 is 54.6 Å². The van der Waals surface area contributed by atoms with Crippen molar-refractivity contribution < 1.29 is 43.5 Å². The van der Waals surface area contributed by atoms with Crippen molar-refractivity contribution >= 4 is 47.3 Å². The molecule has 0 saturated heterocycles. The standard InChI is InChI=1S/C30H55N9O9/c1-7-16(6)24(39-25(42)17(32)10-8-9-11-31)29(46)36-18(12-20(33)40)26(43)37-22(14(2)3)28(45)35-19(13-21(34)41)27(44)38-23(15(4)5)30(47)48/h14-19,22-24H,7-13,31-32H2,1-6H3,(H2,33,40)(H2,34,41)(H,35,45)(H,36,46)(H,37,43)(H,38,44)(H,39,42)(H,47,48)/t16-,17-,18-,19-,22-,23-,24-/m0/s1. The van der Waals surface area contributed by atoms with E-state index >= 15 is 0 Å². The van der Waals surface area contributed by atoms with Gasteiger partial charge in [-0.1, -0.05) is 54.4 Å². The molecule has 0 fully saturated rings. The summed E-state index contributed by atoms with van der Waals surface area (Å²) in [5.74, 6) is -9.14. The predicted octanol–water partition coefficient (Wildman–Crippen LogP) is -2.94. The molecular formula is C30H55N9O9. The number of hydrogen-bond donors (Lipinski definition) is 10. The van der Waals surface area contributed by atoms with Crippen LogP contribution in [0.15, 0.2) is 0 Å². The lowest BCUT2D eigenvalue weighted by Gasteiger charge is -2.29. The Bertz CT molecular complexity index is 1150. The third kappa shape index (κ3) is 15.5. The van der Waals surface area contributed by atoms with E-state index < -0.39 is 114 Å². The molecule has 18 nitrogen and oxygen atoms in total. The van der Waals surface area contributed by atoms with Gasteiger partial charge in [0.25, 0.3) is 0 Å². The molecule has 0 aromatic heterocycles. The van der Waals surface area contributed by atoms with Gasteiger partial charge in [-0.05, 0) is 37.1 Å². The van der Waals surface area contributed by atoms with Crippen LogP contribution in [0.2, 0.25) is 0 Å². The third-order valence-electron chi connectivity index (χ3n) is 7.65. The van der Waals surface area contributed by atoms with Gasteiger partial charge in [0, 0.05) is 0 Å². The monoisotopic (exact) mass is 685 g/mol. The molecule has 0 aromatic carbocycles. The van der Waals surface area contributed by atoms with Gasteiger partial charge >= 0.3 is 5.97 Å². The van der Waals surface area contributed by atoms with Crippen molar-refractivity contribution in [2.24, 2.45) is 40.7 Å².